The molecule has 208 valence electrons. The molecule has 0 unspecified atom stereocenters. The topological polar surface area (TPSA) is 157 Å². The molecule has 2 heterocycles. The summed E-state index contributed by atoms with van der Waals surface area (Å²) in [5.74, 6) is 0.820. The number of carbonyl (C=O) groups excluding carboxylic acids is 2. The fourth-order valence-corrected chi connectivity index (χ4v) is 5.12. The van der Waals surface area contributed by atoms with Crippen LogP contribution in [0.1, 0.15) is 71.2 Å². The van der Waals surface area contributed by atoms with E-state index in [0.29, 0.717) is 22.8 Å². The molecule has 5 rings (SSSR count). The van der Waals surface area contributed by atoms with Gasteiger partial charge in [0, 0.05) is 11.8 Å². The monoisotopic (exact) mass is 556 g/mol. The van der Waals surface area contributed by atoms with Crippen molar-refractivity contribution in [3.05, 3.63) is 106 Å². The lowest BCUT2D eigenvalue weighted by Gasteiger charge is -2.28. The molecule has 10 heteroatoms. The fraction of sp³-hybridized carbons (Fsp3) is 0.250. The summed E-state index contributed by atoms with van der Waals surface area (Å²) in [6, 6.07) is 25.3. The van der Waals surface area contributed by atoms with Gasteiger partial charge in [-0.15, -0.1) is 10.2 Å². The molecule has 1 aliphatic carbocycles. The number of aromatic nitrogens is 4. The summed E-state index contributed by atoms with van der Waals surface area (Å²) in [6.45, 7) is 0. The van der Waals surface area contributed by atoms with E-state index in [1.54, 1.807) is 60.7 Å². The van der Waals surface area contributed by atoms with E-state index in [9.17, 15) is 9.59 Å². The first-order valence-electron chi connectivity index (χ1n) is 13.7. The Morgan fingerprint density at radius 2 is 1.07 bits per heavy atom. The minimum Gasteiger partial charge on any atom is -0.309 e. The molecule has 0 bridgehead atoms. The molecule has 2 amide bonds. The van der Waals surface area contributed by atoms with E-state index in [2.05, 4.69) is 43.2 Å². The third-order valence-corrected chi connectivity index (χ3v) is 7.31. The minimum absolute atomic E-state index is 0.181. The summed E-state index contributed by atoms with van der Waals surface area (Å²) in [5.41, 5.74) is 4.48. The number of nitrogens with zero attached hydrogens (tertiary/aromatic N) is 6. The third kappa shape index (κ3) is 7.38. The Bertz CT molecular complexity index is 1500. The average Bonchev–Trinajstić information content (AvgIpc) is 3.02. The molecule has 1 aliphatic rings. The maximum atomic E-state index is 12.4. The Hall–Kier alpha value is -5.48. The summed E-state index contributed by atoms with van der Waals surface area (Å²) in [7, 11) is 0. The van der Waals surface area contributed by atoms with Gasteiger partial charge in [-0.3, -0.25) is 9.59 Å². The van der Waals surface area contributed by atoms with Crippen LogP contribution < -0.4 is 10.6 Å². The van der Waals surface area contributed by atoms with Gasteiger partial charge in [0.2, 0.25) is 11.8 Å². The molecule has 2 aromatic heterocycles. The van der Waals surface area contributed by atoms with Crippen molar-refractivity contribution in [2.45, 2.75) is 50.4 Å². The number of hydrogen-bond donors (Lipinski definition) is 2. The van der Waals surface area contributed by atoms with Gasteiger partial charge in [0.15, 0.2) is 11.6 Å². The van der Waals surface area contributed by atoms with Crippen LogP contribution in [0.2, 0.25) is 0 Å². The van der Waals surface area contributed by atoms with Crippen molar-refractivity contribution in [1.82, 2.24) is 20.4 Å². The number of nitriles is 2. The van der Waals surface area contributed by atoms with Gasteiger partial charge in [0.25, 0.3) is 0 Å². The predicted octanol–water partition coefficient (Wildman–Crippen LogP) is 4.81. The number of anilines is 2. The number of carbonyl (C=O) groups is 2. The molecule has 10 nitrogen and oxygen atoms in total. The van der Waals surface area contributed by atoms with Crippen LogP contribution in [-0.4, -0.2) is 32.2 Å². The van der Waals surface area contributed by atoms with Gasteiger partial charge >= 0.3 is 0 Å². The van der Waals surface area contributed by atoms with Gasteiger partial charge in [-0.05, 0) is 78.9 Å². The molecule has 2 N–H and O–H groups in total. The van der Waals surface area contributed by atoms with Crippen molar-refractivity contribution >= 4 is 23.5 Å². The van der Waals surface area contributed by atoms with Crippen LogP contribution in [0.5, 0.6) is 0 Å². The molecular weight excluding hydrogens is 528 g/mol. The van der Waals surface area contributed by atoms with E-state index in [1.807, 2.05) is 12.1 Å². The molecule has 0 radical (unpaired) electrons. The molecule has 2 atom stereocenters. The molecule has 0 spiro atoms. The number of benzene rings is 2. The number of rotatable bonds is 8. The summed E-state index contributed by atoms with van der Waals surface area (Å²) in [4.78, 5) is 24.8. The molecule has 2 aromatic carbocycles. The lowest BCUT2D eigenvalue weighted by molar-refractivity contribution is -0.116. The van der Waals surface area contributed by atoms with Gasteiger partial charge < -0.3 is 10.6 Å². The van der Waals surface area contributed by atoms with Crippen molar-refractivity contribution in [3.8, 4) is 12.1 Å². The molecule has 0 aliphatic heterocycles. The Labute approximate surface area is 243 Å². The van der Waals surface area contributed by atoms with Crippen LogP contribution in [-0.2, 0) is 22.4 Å². The highest BCUT2D eigenvalue weighted by atomic mass is 16.2. The molecular formula is C32H28N8O2. The minimum atomic E-state index is -0.202. The molecule has 1 fully saturated rings. The summed E-state index contributed by atoms with van der Waals surface area (Å²) < 4.78 is 0. The quantitative estimate of drug-likeness (QED) is 0.313. The Morgan fingerprint density at radius 3 is 1.43 bits per heavy atom. The van der Waals surface area contributed by atoms with Gasteiger partial charge in [0.05, 0.1) is 47.5 Å². The van der Waals surface area contributed by atoms with Crippen molar-refractivity contribution in [2.24, 2.45) is 0 Å². The Balaban J connectivity index is 1.12. The summed E-state index contributed by atoms with van der Waals surface area (Å²) in [6.07, 6.45) is 4.22. The van der Waals surface area contributed by atoms with Gasteiger partial charge in [-0.2, -0.15) is 20.7 Å². The highest BCUT2D eigenvalue weighted by molar-refractivity contribution is 5.91. The fourth-order valence-electron chi connectivity index (χ4n) is 5.12. The average molecular weight is 557 g/mol. The third-order valence-electron chi connectivity index (χ3n) is 7.31. The first-order valence-corrected chi connectivity index (χ1v) is 13.7. The standard InChI is InChI=1S/C32H28N8O2/c33-19-23-8-4-21(5-9-23)16-31(41)35-29-14-12-27(37-39-29)25-2-1-3-26(18-25)28-13-15-30(40-38-28)36-32(42)17-22-6-10-24(20-34)11-7-22/h4-15,25-26H,1-3,16-18H2,(H,35,39,41)(H,36,40,42)/t25-,26-/m0/s1. The lowest BCUT2D eigenvalue weighted by Crippen LogP contribution is -2.18. The number of nitrogens with one attached hydrogen (secondary N) is 2. The molecule has 0 saturated heterocycles. The second-order valence-electron chi connectivity index (χ2n) is 10.3. The van der Waals surface area contributed by atoms with E-state index in [4.69, 9.17) is 10.5 Å². The van der Waals surface area contributed by atoms with E-state index in [1.165, 1.54) is 0 Å². The van der Waals surface area contributed by atoms with Crippen molar-refractivity contribution < 1.29 is 9.59 Å². The smallest absolute Gasteiger partial charge is 0.229 e. The lowest BCUT2D eigenvalue weighted by atomic mass is 9.78. The summed E-state index contributed by atoms with van der Waals surface area (Å²) >= 11 is 0. The first-order chi connectivity index (χ1) is 20.5. The van der Waals surface area contributed by atoms with Crippen LogP contribution >= 0.6 is 0 Å². The zero-order valence-electron chi connectivity index (χ0n) is 22.8. The van der Waals surface area contributed by atoms with E-state index >= 15 is 0 Å². The van der Waals surface area contributed by atoms with Crippen LogP contribution in [0.15, 0.2) is 72.8 Å². The SMILES string of the molecule is N#Cc1ccc(CC(=O)Nc2ccc([C@H]3CCC[C@H](c4ccc(NC(=O)Cc5ccc(C#N)cc5)nn4)C3)nn2)cc1. The Morgan fingerprint density at radius 1 is 0.643 bits per heavy atom. The van der Waals surface area contributed by atoms with Gasteiger partial charge in [0.1, 0.15) is 0 Å². The van der Waals surface area contributed by atoms with Crippen molar-refractivity contribution in [2.75, 3.05) is 10.6 Å². The van der Waals surface area contributed by atoms with Gasteiger partial charge in [-0.25, -0.2) is 0 Å². The zero-order valence-corrected chi connectivity index (χ0v) is 22.8. The van der Waals surface area contributed by atoms with E-state index in [-0.39, 0.29) is 36.5 Å². The molecule has 4 aromatic rings. The second-order valence-corrected chi connectivity index (χ2v) is 10.3. The second kappa shape index (κ2) is 13.2. The van der Waals surface area contributed by atoms with E-state index < -0.39 is 0 Å². The first kappa shape index (κ1) is 28.1. The summed E-state index contributed by atoms with van der Waals surface area (Å²) in [5, 5.41) is 40.7. The maximum absolute atomic E-state index is 12.4. The van der Waals surface area contributed by atoms with E-state index in [0.717, 1.165) is 48.2 Å². The van der Waals surface area contributed by atoms with Crippen LogP contribution in [0, 0.1) is 22.7 Å². The normalized spacial score (nSPS) is 16.0. The largest absolute Gasteiger partial charge is 0.309 e. The van der Waals surface area contributed by atoms with Crippen LogP contribution in [0.4, 0.5) is 11.6 Å². The highest BCUT2D eigenvalue weighted by Gasteiger charge is 2.27. The predicted molar refractivity (Wildman–Crippen MR) is 155 cm³/mol. The maximum Gasteiger partial charge on any atom is 0.229 e. The Kier molecular flexibility index (Phi) is 8.85. The van der Waals surface area contributed by atoms with Crippen LogP contribution in [0.3, 0.4) is 0 Å². The van der Waals surface area contributed by atoms with Crippen molar-refractivity contribution in [1.29, 1.82) is 10.5 Å². The van der Waals surface area contributed by atoms with Gasteiger partial charge in [-0.1, -0.05) is 30.7 Å². The van der Waals surface area contributed by atoms with Crippen molar-refractivity contribution in [3.63, 3.8) is 0 Å². The number of hydrogen-bond acceptors (Lipinski definition) is 8. The van der Waals surface area contributed by atoms with Crippen LogP contribution in [0.25, 0.3) is 0 Å². The molecule has 42 heavy (non-hydrogen) atoms. The molecule has 1 saturated carbocycles. The number of amides is 2. The zero-order chi connectivity index (χ0) is 29.3. The highest BCUT2D eigenvalue weighted by Crippen LogP contribution is 2.40.